The van der Waals surface area contributed by atoms with Gasteiger partial charge in [-0.25, -0.2) is 4.98 Å². The summed E-state index contributed by atoms with van der Waals surface area (Å²) in [5, 5.41) is 6.40. The number of hydrogen-bond acceptors (Lipinski definition) is 4. The van der Waals surface area contributed by atoms with Crippen molar-refractivity contribution in [2.75, 3.05) is 27.3 Å². The molecule has 0 atom stereocenters. The number of nitrogens with one attached hydrogen (secondary N) is 1. The first-order valence-corrected chi connectivity index (χ1v) is 4.28. The minimum Gasteiger partial charge on any atom is -0.383 e. The summed E-state index contributed by atoms with van der Waals surface area (Å²) in [7, 11) is 3.28. The summed E-state index contributed by atoms with van der Waals surface area (Å²) in [6, 6.07) is 0. The van der Waals surface area contributed by atoms with Gasteiger partial charge in [0.05, 0.1) is 6.61 Å². The lowest BCUT2D eigenvalue weighted by Crippen LogP contribution is -2.30. The molecule has 1 amide bonds. The van der Waals surface area contributed by atoms with Gasteiger partial charge in [0, 0.05) is 20.7 Å². The van der Waals surface area contributed by atoms with E-state index in [0.717, 1.165) is 0 Å². The lowest BCUT2D eigenvalue weighted by molar-refractivity contribution is 0.0733. The van der Waals surface area contributed by atoms with E-state index in [1.807, 2.05) is 0 Å². The minimum atomic E-state index is -0.202. The molecule has 0 aromatic carbocycles. The van der Waals surface area contributed by atoms with Gasteiger partial charge in [0.1, 0.15) is 5.82 Å². The standard InChI is InChI=1S/C8H14N4O2/c1-6-9-7(11-10-6)8(13)12(2)4-5-14-3/h4-5H2,1-3H3,(H,9,10,11). The van der Waals surface area contributed by atoms with Crippen LogP contribution in [0, 0.1) is 6.92 Å². The lowest BCUT2D eigenvalue weighted by atomic mass is 10.5. The Morgan fingerprint density at radius 1 is 1.64 bits per heavy atom. The molecule has 1 rings (SSSR count). The van der Waals surface area contributed by atoms with Gasteiger partial charge in [-0.1, -0.05) is 0 Å². The fourth-order valence-corrected chi connectivity index (χ4v) is 0.939. The number of carbonyl (C=O) groups is 1. The summed E-state index contributed by atoms with van der Waals surface area (Å²) in [6.45, 7) is 2.79. The quantitative estimate of drug-likeness (QED) is 0.729. The van der Waals surface area contributed by atoms with Crippen molar-refractivity contribution >= 4 is 5.91 Å². The first-order valence-electron chi connectivity index (χ1n) is 4.28. The summed E-state index contributed by atoms with van der Waals surface area (Å²) in [4.78, 5) is 17.1. The number of nitrogens with zero attached hydrogens (tertiary/aromatic N) is 3. The van der Waals surface area contributed by atoms with Crippen LogP contribution in [0.1, 0.15) is 16.4 Å². The van der Waals surface area contributed by atoms with Crippen LogP contribution < -0.4 is 0 Å². The average Bonchev–Trinajstić information content (AvgIpc) is 2.60. The Labute approximate surface area is 82.3 Å². The maximum atomic E-state index is 11.6. The molecule has 0 aliphatic carbocycles. The predicted octanol–water partition coefficient (Wildman–Crippen LogP) is -0.168. The molecule has 0 fully saturated rings. The number of methoxy groups -OCH3 is 1. The third-order valence-electron chi connectivity index (χ3n) is 1.77. The van der Waals surface area contributed by atoms with Crippen LogP contribution in [0.2, 0.25) is 0 Å². The maximum absolute atomic E-state index is 11.6. The highest BCUT2D eigenvalue weighted by Gasteiger charge is 2.15. The molecule has 0 bridgehead atoms. The highest BCUT2D eigenvalue weighted by atomic mass is 16.5. The molecule has 0 radical (unpaired) electrons. The van der Waals surface area contributed by atoms with E-state index in [1.165, 1.54) is 4.90 Å². The Kier molecular flexibility index (Phi) is 3.58. The van der Waals surface area contributed by atoms with Crippen molar-refractivity contribution in [3.05, 3.63) is 11.6 Å². The molecular formula is C8H14N4O2. The van der Waals surface area contributed by atoms with E-state index in [0.29, 0.717) is 19.0 Å². The molecule has 0 aliphatic heterocycles. The van der Waals surface area contributed by atoms with Crippen molar-refractivity contribution in [1.29, 1.82) is 0 Å². The van der Waals surface area contributed by atoms with Crippen LogP contribution in [0.25, 0.3) is 0 Å². The highest BCUT2D eigenvalue weighted by Crippen LogP contribution is 1.96. The summed E-state index contributed by atoms with van der Waals surface area (Å²) in [5.74, 6) is 0.626. The number of aromatic amines is 1. The second-order valence-electron chi connectivity index (χ2n) is 2.96. The monoisotopic (exact) mass is 198 g/mol. The van der Waals surface area contributed by atoms with E-state index >= 15 is 0 Å². The van der Waals surface area contributed by atoms with Crippen molar-refractivity contribution in [2.45, 2.75) is 6.92 Å². The number of carbonyl (C=O) groups excluding carboxylic acids is 1. The summed E-state index contributed by atoms with van der Waals surface area (Å²) >= 11 is 0. The summed E-state index contributed by atoms with van der Waals surface area (Å²) in [5.41, 5.74) is 0. The molecule has 0 aliphatic rings. The van der Waals surface area contributed by atoms with Crippen LogP contribution in [-0.4, -0.2) is 53.3 Å². The molecule has 0 saturated heterocycles. The van der Waals surface area contributed by atoms with Gasteiger partial charge in [-0.15, -0.1) is 5.10 Å². The average molecular weight is 198 g/mol. The minimum absolute atomic E-state index is 0.195. The molecule has 1 aromatic heterocycles. The van der Waals surface area contributed by atoms with Crippen molar-refractivity contribution in [3.8, 4) is 0 Å². The Hall–Kier alpha value is -1.43. The maximum Gasteiger partial charge on any atom is 0.293 e. The number of hydrogen-bond donors (Lipinski definition) is 1. The van der Waals surface area contributed by atoms with E-state index in [9.17, 15) is 4.79 Å². The Balaban J connectivity index is 2.56. The first kappa shape index (κ1) is 10.6. The van der Waals surface area contributed by atoms with Gasteiger partial charge in [-0.2, -0.15) is 0 Å². The van der Waals surface area contributed by atoms with Gasteiger partial charge in [0.15, 0.2) is 0 Å². The third-order valence-corrected chi connectivity index (χ3v) is 1.77. The van der Waals surface area contributed by atoms with Gasteiger partial charge in [-0.05, 0) is 6.92 Å². The zero-order valence-corrected chi connectivity index (χ0v) is 8.57. The number of rotatable bonds is 4. The Bertz CT molecular complexity index is 310. The van der Waals surface area contributed by atoms with Gasteiger partial charge in [0.2, 0.25) is 5.82 Å². The van der Waals surface area contributed by atoms with Gasteiger partial charge in [0.25, 0.3) is 5.91 Å². The second kappa shape index (κ2) is 4.71. The number of aryl methyl sites for hydroxylation is 1. The zero-order valence-electron chi connectivity index (χ0n) is 8.57. The van der Waals surface area contributed by atoms with Crippen molar-refractivity contribution < 1.29 is 9.53 Å². The van der Waals surface area contributed by atoms with E-state index in [4.69, 9.17) is 4.74 Å². The molecule has 0 spiro atoms. The smallest absolute Gasteiger partial charge is 0.293 e. The van der Waals surface area contributed by atoms with E-state index in [1.54, 1.807) is 21.1 Å². The SMILES string of the molecule is COCCN(C)C(=O)c1n[nH]c(C)n1. The topological polar surface area (TPSA) is 71.1 Å². The fourth-order valence-electron chi connectivity index (χ4n) is 0.939. The molecule has 1 N–H and O–H groups in total. The molecule has 6 heteroatoms. The molecular weight excluding hydrogens is 184 g/mol. The number of aromatic nitrogens is 3. The highest BCUT2D eigenvalue weighted by molar-refractivity contribution is 5.90. The molecule has 0 unspecified atom stereocenters. The van der Waals surface area contributed by atoms with E-state index < -0.39 is 0 Å². The normalized spacial score (nSPS) is 10.2. The summed E-state index contributed by atoms with van der Waals surface area (Å²) < 4.78 is 4.86. The van der Waals surface area contributed by atoms with Gasteiger partial charge in [-0.3, -0.25) is 9.89 Å². The number of H-pyrrole nitrogens is 1. The third kappa shape index (κ3) is 2.53. The van der Waals surface area contributed by atoms with Crippen molar-refractivity contribution in [2.24, 2.45) is 0 Å². The van der Waals surface area contributed by atoms with E-state index in [-0.39, 0.29) is 11.7 Å². The zero-order chi connectivity index (χ0) is 10.6. The molecule has 78 valence electrons. The van der Waals surface area contributed by atoms with Crippen LogP contribution in [-0.2, 0) is 4.74 Å². The molecule has 0 saturated carbocycles. The van der Waals surface area contributed by atoms with Gasteiger partial charge < -0.3 is 9.64 Å². The number of likely N-dealkylation sites (N-methyl/N-ethyl adjacent to an activating group) is 1. The van der Waals surface area contributed by atoms with E-state index in [2.05, 4.69) is 15.2 Å². The van der Waals surface area contributed by atoms with Crippen molar-refractivity contribution in [3.63, 3.8) is 0 Å². The molecule has 14 heavy (non-hydrogen) atoms. The Morgan fingerprint density at radius 2 is 2.36 bits per heavy atom. The largest absolute Gasteiger partial charge is 0.383 e. The van der Waals surface area contributed by atoms with Crippen LogP contribution in [0.3, 0.4) is 0 Å². The van der Waals surface area contributed by atoms with Crippen LogP contribution >= 0.6 is 0 Å². The molecule has 6 nitrogen and oxygen atoms in total. The van der Waals surface area contributed by atoms with Crippen LogP contribution in [0.4, 0.5) is 0 Å². The van der Waals surface area contributed by atoms with Crippen LogP contribution in [0.5, 0.6) is 0 Å². The number of ether oxygens (including phenoxy) is 1. The summed E-state index contributed by atoms with van der Waals surface area (Å²) in [6.07, 6.45) is 0. The Morgan fingerprint density at radius 3 is 2.86 bits per heavy atom. The van der Waals surface area contributed by atoms with Gasteiger partial charge >= 0.3 is 0 Å². The lowest BCUT2D eigenvalue weighted by Gasteiger charge is -2.13. The fraction of sp³-hybridized carbons (Fsp3) is 0.625. The van der Waals surface area contributed by atoms with Crippen molar-refractivity contribution in [1.82, 2.24) is 20.1 Å². The van der Waals surface area contributed by atoms with Crippen LogP contribution in [0.15, 0.2) is 0 Å². The molecule has 1 aromatic rings. The second-order valence-corrected chi connectivity index (χ2v) is 2.96. The first-order chi connectivity index (χ1) is 6.65. The number of amides is 1. The predicted molar refractivity (Wildman–Crippen MR) is 50.0 cm³/mol. The molecule has 1 heterocycles.